The Labute approximate surface area is 156 Å². The molecule has 0 bridgehead atoms. The highest BCUT2D eigenvalue weighted by Crippen LogP contribution is 2.41. The molecule has 0 fully saturated rings. The first-order valence-corrected chi connectivity index (χ1v) is 9.50. The molecule has 2 aromatic heterocycles. The number of nitrogens with zero attached hydrogens (tertiary/aromatic N) is 2. The summed E-state index contributed by atoms with van der Waals surface area (Å²) in [6.45, 7) is 6.07. The average molecular weight is 368 g/mol. The van der Waals surface area contributed by atoms with Crippen LogP contribution in [0.5, 0.6) is 0 Å². The molecule has 26 heavy (non-hydrogen) atoms. The lowest BCUT2D eigenvalue weighted by molar-refractivity contribution is -0.118. The minimum absolute atomic E-state index is 0.0273. The molecule has 1 aliphatic rings. The van der Waals surface area contributed by atoms with Crippen molar-refractivity contribution in [3.8, 4) is 11.7 Å². The Balaban J connectivity index is 1.62. The first-order valence-electron chi connectivity index (χ1n) is 8.62. The van der Waals surface area contributed by atoms with Crippen LogP contribution in [0.15, 0.2) is 56.4 Å². The van der Waals surface area contributed by atoms with Gasteiger partial charge in [-0.2, -0.15) is 0 Å². The molecule has 3 aromatic rings. The van der Waals surface area contributed by atoms with Gasteiger partial charge in [-0.15, -0.1) is 11.8 Å². The summed E-state index contributed by atoms with van der Waals surface area (Å²) < 4.78 is 11.0. The first-order chi connectivity index (χ1) is 12.5. The Kier molecular flexibility index (Phi) is 4.36. The average Bonchev–Trinajstić information content (AvgIpc) is 3.26. The molecule has 0 aliphatic carbocycles. The predicted molar refractivity (Wildman–Crippen MR) is 101 cm³/mol. The van der Waals surface area contributed by atoms with E-state index in [0.29, 0.717) is 28.4 Å². The maximum atomic E-state index is 13.1. The minimum Gasteiger partial charge on any atom is -0.459 e. The third-order valence-corrected chi connectivity index (χ3v) is 6.10. The number of thioether (sulfide) groups is 1. The van der Waals surface area contributed by atoms with E-state index in [1.54, 1.807) is 18.4 Å². The van der Waals surface area contributed by atoms with Crippen molar-refractivity contribution in [3.05, 3.63) is 54.1 Å². The van der Waals surface area contributed by atoms with Gasteiger partial charge in [0.2, 0.25) is 5.91 Å². The van der Waals surface area contributed by atoms with Crippen molar-refractivity contribution in [1.29, 1.82) is 0 Å². The molecule has 4 rings (SSSR count). The summed E-state index contributed by atoms with van der Waals surface area (Å²) >= 11 is 1.81. The Morgan fingerprint density at radius 3 is 2.81 bits per heavy atom. The molecule has 0 spiro atoms. The standard InChI is InChI=1S/C20H20N2O3S/c1-12-14(3)26-18-9-5-4-7-16(18)22(12)19(23)11-15-13(2)25-20(21-15)17-8-6-10-24-17/h4-10,12,14H,11H2,1-3H3. The first kappa shape index (κ1) is 17.0. The lowest BCUT2D eigenvalue weighted by Gasteiger charge is -2.38. The second-order valence-corrected chi connectivity index (χ2v) is 7.89. The predicted octanol–water partition coefficient (Wildman–Crippen LogP) is 4.70. The van der Waals surface area contributed by atoms with Crippen LogP contribution in [0.4, 0.5) is 5.69 Å². The van der Waals surface area contributed by atoms with E-state index in [4.69, 9.17) is 8.83 Å². The van der Waals surface area contributed by atoms with E-state index in [-0.39, 0.29) is 18.4 Å². The quantitative estimate of drug-likeness (QED) is 0.670. The van der Waals surface area contributed by atoms with Gasteiger partial charge in [0.1, 0.15) is 5.76 Å². The van der Waals surface area contributed by atoms with Crippen molar-refractivity contribution in [2.75, 3.05) is 4.90 Å². The zero-order valence-corrected chi connectivity index (χ0v) is 15.7. The fourth-order valence-electron chi connectivity index (χ4n) is 3.17. The monoisotopic (exact) mass is 368 g/mol. The van der Waals surface area contributed by atoms with E-state index in [0.717, 1.165) is 10.6 Å². The highest BCUT2D eigenvalue weighted by atomic mass is 32.2. The molecule has 1 amide bonds. The summed E-state index contributed by atoms with van der Waals surface area (Å²) in [5.74, 6) is 1.64. The van der Waals surface area contributed by atoms with Gasteiger partial charge < -0.3 is 13.7 Å². The highest BCUT2D eigenvalue weighted by molar-refractivity contribution is 8.00. The summed E-state index contributed by atoms with van der Waals surface area (Å²) in [4.78, 5) is 20.7. The Bertz CT molecular complexity index is 932. The van der Waals surface area contributed by atoms with Crippen LogP contribution in [-0.4, -0.2) is 22.2 Å². The number of benzene rings is 1. The van der Waals surface area contributed by atoms with Crippen LogP contribution in [-0.2, 0) is 11.2 Å². The number of amides is 1. The van der Waals surface area contributed by atoms with E-state index >= 15 is 0 Å². The van der Waals surface area contributed by atoms with Crippen molar-refractivity contribution in [2.45, 2.75) is 43.4 Å². The number of hydrogen-bond acceptors (Lipinski definition) is 5. The van der Waals surface area contributed by atoms with Crippen molar-refractivity contribution in [1.82, 2.24) is 4.98 Å². The van der Waals surface area contributed by atoms with Crippen LogP contribution >= 0.6 is 11.8 Å². The molecule has 134 valence electrons. The molecule has 5 nitrogen and oxygen atoms in total. The van der Waals surface area contributed by atoms with Crippen molar-refractivity contribution in [2.24, 2.45) is 0 Å². The fraction of sp³-hybridized carbons (Fsp3) is 0.300. The van der Waals surface area contributed by atoms with E-state index in [2.05, 4.69) is 24.9 Å². The number of para-hydroxylation sites is 1. The molecule has 3 heterocycles. The SMILES string of the molecule is Cc1oc(-c2ccco2)nc1CC(=O)N1c2ccccc2SC(C)C1C. The second kappa shape index (κ2) is 6.68. The van der Waals surface area contributed by atoms with Gasteiger partial charge in [-0.3, -0.25) is 4.79 Å². The van der Waals surface area contributed by atoms with Gasteiger partial charge in [0.15, 0.2) is 5.76 Å². The Morgan fingerprint density at radius 1 is 1.23 bits per heavy atom. The summed E-state index contributed by atoms with van der Waals surface area (Å²) in [5.41, 5.74) is 1.62. The molecule has 0 radical (unpaired) electrons. The van der Waals surface area contributed by atoms with Gasteiger partial charge in [-0.1, -0.05) is 19.1 Å². The number of aromatic nitrogens is 1. The van der Waals surface area contributed by atoms with Crippen molar-refractivity contribution >= 4 is 23.4 Å². The molecular formula is C20H20N2O3S. The third kappa shape index (κ3) is 2.94. The molecular weight excluding hydrogens is 348 g/mol. The maximum absolute atomic E-state index is 13.1. The van der Waals surface area contributed by atoms with Crippen LogP contribution < -0.4 is 4.90 Å². The number of oxazole rings is 1. The number of carbonyl (C=O) groups excluding carboxylic acids is 1. The van der Waals surface area contributed by atoms with Crippen LogP contribution in [0, 0.1) is 6.92 Å². The summed E-state index contributed by atoms with van der Waals surface area (Å²) in [6, 6.07) is 11.7. The van der Waals surface area contributed by atoms with E-state index in [1.165, 1.54) is 0 Å². The summed E-state index contributed by atoms with van der Waals surface area (Å²) in [5, 5.41) is 0.325. The number of furan rings is 1. The van der Waals surface area contributed by atoms with Crippen molar-refractivity contribution in [3.63, 3.8) is 0 Å². The van der Waals surface area contributed by atoms with Crippen LogP contribution in [0.1, 0.15) is 25.3 Å². The summed E-state index contributed by atoms with van der Waals surface area (Å²) in [7, 11) is 0. The van der Waals surface area contributed by atoms with Gasteiger partial charge in [0, 0.05) is 16.2 Å². The van der Waals surface area contributed by atoms with E-state index in [1.807, 2.05) is 41.8 Å². The maximum Gasteiger partial charge on any atom is 0.263 e. The molecule has 0 saturated carbocycles. The zero-order valence-electron chi connectivity index (χ0n) is 14.9. The number of carbonyl (C=O) groups is 1. The van der Waals surface area contributed by atoms with Gasteiger partial charge in [0.25, 0.3) is 5.89 Å². The number of rotatable bonds is 3. The fourth-order valence-corrected chi connectivity index (χ4v) is 4.33. The molecule has 2 unspecified atom stereocenters. The third-order valence-electron chi connectivity index (χ3n) is 4.74. The Hall–Kier alpha value is -2.47. The van der Waals surface area contributed by atoms with E-state index in [9.17, 15) is 4.79 Å². The Morgan fingerprint density at radius 2 is 2.04 bits per heavy atom. The lowest BCUT2D eigenvalue weighted by Crippen LogP contribution is -2.46. The molecule has 2 atom stereocenters. The lowest BCUT2D eigenvalue weighted by atomic mass is 10.1. The minimum atomic E-state index is 0.0273. The smallest absolute Gasteiger partial charge is 0.263 e. The van der Waals surface area contributed by atoms with Crippen molar-refractivity contribution < 1.29 is 13.6 Å². The van der Waals surface area contributed by atoms with Crippen LogP contribution in [0.3, 0.4) is 0 Å². The summed E-state index contributed by atoms with van der Waals surface area (Å²) in [6.07, 6.45) is 1.77. The zero-order chi connectivity index (χ0) is 18.3. The normalized spacial score (nSPS) is 19.4. The second-order valence-electron chi connectivity index (χ2n) is 6.47. The van der Waals surface area contributed by atoms with E-state index < -0.39 is 0 Å². The van der Waals surface area contributed by atoms with Gasteiger partial charge in [-0.25, -0.2) is 4.98 Å². The number of anilines is 1. The molecule has 1 aromatic carbocycles. The topological polar surface area (TPSA) is 59.5 Å². The molecule has 0 N–H and O–H groups in total. The van der Waals surface area contributed by atoms with Crippen LogP contribution in [0.2, 0.25) is 0 Å². The molecule has 6 heteroatoms. The number of aryl methyl sites for hydroxylation is 1. The van der Waals surface area contributed by atoms with Gasteiger partial charge in [-0.05, 0) is 38.1 Å². The van der Waals surface area contributed by atoms with Gasteiger partial charge in [0.05, 0.1) is 24.1 Å². The number of fused-ring (bicyclic) bond motifs is 1. The highest BCUT2D eigenvalue weighted by Gasteiger charge is 2.33. The number of hydrogen-bond donors (Lipinski definition) is 0. The van der Waals surface area contributed by atoms with Gasteiger partial charge >= 0.3 is 0 Å². The molecule has 1 aliphatic heterocycles. The van der Waals surface area contributed by atoms with Crippen LogP contribution in [0.25, 0.3) is 11.7 Å². The molecule has 0 saturated heterocycles. The largest absolute Gasteiger partial charge is 0.459 e.